The van der Waals surface area contributed by atoms with Crippen molar-refractivity contribution >= 4 is 32.2 Å². The summed E-state index contributed by atoms with van der Waals surface area (Å²) in [6, 6.07) is 0. The van der Waals surface area contributed by atoms with E-state index in [1.807, 2.05) is 0 Å². The molecule has 1 atom stereocenters. The van der Waals surface area contributed by atoms with Gasteiger partial charge in [0.1, 0.15) is 0 Å². The van der Waals surface area contributed by atoms with Crippen LogP contribution in [-0.2, 0) is 4.79 Å². The van der Waals surface area contributed by atoms with Crippen LogP contribution in [0.1, 0.15) is 103 Å². The van der Waals surface area contributed by atoms with Gasteiger partial charge in [0.2, 0.25) is 0 Å². The zero-order chi connectivity index (χ0) is 15.8. The fourth-order valence-corrected chi connectivity index (χ4v) is 2.67. The van der Waals surface area contributed by atoms with E-state index in [2.05, 4.69) is 6.92 Å². The van der Waals surface area contributed by atoms with E-state index in [0.29, 0.717) is 6.42 Å². The Kier molecular flexibility index (Phi) is 21.6. The molecular weight excluding hydrogens is 473 g/mol. The van der Waals surface area contributed by atoms with Crippen LogP contribution in [0.2, 0.25) is 0 Å². The first-order chi connectivity index (χ1) is 10.2. The van der Waals surface area contributed by atoms with E-state index in [4.69, 9.17) is 5.11 Å². The maximum absolute atomic E-state index is 10.3. The molecule has 0 rings (SSSR count). The van der Waals surface area contributed by atoms with Crippen LogP contribution >= 0.6 is 0 Å². The normalized spacial score (nSPS) is 11.9. The summed E-state index contributed by atoms with van der Waals surface area (Å²) in [6.07, 6.45) is 16.3. The fourth-order valence-electron chi connectivity index (χ4n) is 2.67. The molecule has 0 saturated carbocycles. The molecule has 22 heavy (non-hydrogen) atoms. The van der Waals surface area contributed by atoms with Crippen LogP contribution in [0, 0.1) is 0 Å². The molecule has 0 aromatic heterocycles. The van der Waals surface area contributed by atoms with Gasteiger partial charge in [0, 0.05) is 6.42 Å². The van der Waals surface area contributed by atoms with E-state index in [9.17, 15) is 9.90 Å². The number of carbonyl (C=O) groups is 1. The Balaban J connectivity index is 0. The Bertz CT molecular complexity index is 234. The van der Waals surface area contributed by atoms with Gasteiger partial charge in [0.05, 0.1) is 6.10 Å². The topological polar surface area (TPSA) is 57.5 Å². The van der Waals surface area contributed by atoms with Crippen LogP contribution in [0.5, 0.6) is 0 Å². The molecule has 0 aromatic rings. The first-order valence-corrected chi connectivity index (χ1v) is 9.06. The predicted molar refractivity (Wildman–Crippen MR) is 98.5 cm³/mol. The van der Waals surface area contributed by atoms with Crippen molar-refractivity contribution in [1.29, 1.82) is 0 Å². The molecule has 0 fully saturated rings. The number of carboxylic acid groups (broad SMARTS) is 1. The second-order valence-corrected chi connectivity index (χ2v) is 6.26. The van der Waals surface area contributed by atoms with E-state index in [-0.39, 0.29) is 32.3 Å². The van der Waals surface area contributed by atoms with Crippen LogP contribution < -0.4 is 0 Å². The van der Waals surface area contributed by atoms with Crippen molar-refractivity contribution in [2.24, 2.45) is 0 Å². The molecule has 0 aliphatic rings. The summed E-state index contributed by atoms with van der Waals surface area (Å²) in [5.74, 6) is -0.678. The first kappa shape index (κ1) is 24.6. The third kappa shape index (κ3) is 20.3. The monoisotopic (exact) mass is 512 g/mol. The molecule has 0 saturated heterocycles. The van der Waals surface area contributed by atoms with E-state index in [1.165, 1.54) is 51.4 Å². The van der Waals surface area contributed by atoms with Gasteiger partial charge in [-0.05, 0) is 19.3 Å². The van der Waals surface area contributed by atoms with Gasteiger partial charge < -0.3 is 10.2 Å². The Morgan fingerprint density at radius 3 is 1.64 bits per heavy atom. The van der Waals surface area contributed by atoms with Gasteiger partial charge in [-0.2, -0.15) is 0 Å². The molecule has 0 heterocycles. The van der Waals surface area contributed by atoms with Gasteiger partial charge >= 0.3 is 32.2 Å². The second kappa shape index (κ2) is 19.4. The third-order valence-electron chi connectivity index (χ3n) is 4.07. The number of hydrogen-bond acceptors (Lipinski definition) is 2. The summed E-state index contributed by atoms with van der Waals surface area (Å²) in [5.41, 5.74) is 0. The molecule has 134 valence electrons. The summed E-state index contributed by atoms with van der Waals surface area (Å²) in [7, 11) is 0. The molecule has 0 aliphatic heterocycles. The van der Waals surface area contributed by atoms with E-state index in [1.54, 1.807) is 0 Å². The van der Waals surface area contributed by atoms with Gasteiger partial charge in [0.15, 0.2) is 0 Å². The Hall–Kier alpha value is 0.313. The van der Waals surface area contributed by atoms with Crippen molar-refractivity contribution in [3.05, 3.63) is 0 Å². The number of carboxylic acids is 1. The summed E-state index contributed by atoms with van der Waals surface area (Å²) < 4.78 is 0. The van der Waals surface area contributed by atoms with Crippen molar-refractivity contribution in [3.63, 3.8) is 0 Å². The molecule has 0 radical (unpaired) electrons. The van der Waals surface area contributed by atoms with Crippen LogP contribution in [0.3, 0.4) is 0 Å². The van der Waals surface area contributed by atoms with E-state index >= 15 is 0 Å². The summed E-state index contributed by atoms with van der Waals surface area (Å²) in [4.78, 5) is 10.3. The zero-order valence-corrected chi connectivity index (χ0v) is 20.2. The van der Waals surface area contributed by atoms with Crippen LogP contribution in [0.15, 0.2) is 0 Å². The molecule has 4 heteroatoms. The zero-order valence-electron chi connectivity index (χ0n) is 14.7. The number of aliphatic hydroxyl groups is 1. The van der Waals surface area contributed by atoms with Gasteiger partial charge in [0.25, 0.3) is 0 Å². The number of hydrogen-bond donors (Lipinski definition) is 2. The van der Waals surface area contributed by atoms with Crippen molar-refractivity contribution in [1.82, 2.24) is 0 Å². The minimum absolute atomic E-state index is 0. The average molecular weight is 512 g/mol. The molecule has 3 nitrogen and oxygen atoms in total. The number of unbranched alkanes of at least 4 members (excludes halogenated alkanes) is 10. The van der Waals surface area contributed by atoms with Crippen LogP contribution in [0.25, 0.3) is 0 Å². The van der Waals surface area contributed by atoms with Crippen LogP contribution in [-0.4, -0.2) is 48.5 Å². The SMILES string of the molecule is CCCCCCC(O)CCCCCCCCCCC(=O)O.[BiH3]. The molecule has 0 bridgehead atoms. The number of rotatable bonds is 16. The minimum atomic E-state index is -0.678. The fraction of sp³-hybridized carbons (Fsp3) is 0.944. The second-order valence-electron chi connectivity index (χ2n) is 6.26. The van der Waals surface area contributed by atoms with Gasteiger partial charge in [-0.25, -0.2) is 0 Å². The standard InChI is InChI=1S/C18H36O3.Bi.3H/c1-2-3-4-11-14-17(19)15-12-9-7-5-6-8-10-13-16-18(20)21;;;;/h17,19H,2-16H2,1H3,(H,20,21);;;;. The molecular formula is C18H39BiO3. The average Bonchev–Trinajstić information content (AvgIpc) is 2.45. The van der Waals surface area contributed by atoms with E-state index in [0.717, 1.165) is 38.5 Å². The number of aliphatic carboxylic acids is 1. The molecule has 0 aromatic carbocycles. The quantitative estimate of drug-likeness (QED) is 0.242. The van der Waals surface area contributed by atoms with Crippen molar-refractivity contribution < 1.29 is 15.0 Å². The maximum atomic E-state index is 10.3. The summed E-state index contributed by atoms with van der Waals surface area (Å²) in [5, 5.41) is 18.4. The summed E-state index contributed by atoms with van der Waals surface area (Å²) in [6.45, 7) is 2.21. The molecule has 2 N–H and O–H groups in total. The third-order valence-corrected chi connectivity index (χ3v) is 4.07. The Morgan fingerprint density at radius 1 is 0.773 bits per heavy atom. The Morgan fingerprint density at radius 2 is 1.18 bits per heavy atom. The molecule has 0 aliphatic carbocycles. The van der Waals surface area contributed by atoms with Crippen molar-refractivity contribution in [3.8, 4) is 0 Å². The molecule has 1 unspecified atom stereocenters. The summed E-state index contributed by atoms with van der Waals surface area (Å²) >= 11 is 0. The van der Waals surface area contributed by atoms with Gasteiger partial charge in [-0.3, -0.25) is 4.79 Å². The first-order valence-electron chi connectivity index (χ1n) is 9.06. The van der Waals surface area contributed by atoms with Crippen molar-refractivity contribution in [2.45, 2.75) is 109 Å². The number of aliphatic hydroxyl groups excluding tert-OH is 1. The van der Waals surface area contributed by atoms with Gasteiger partial charge in [-0.15, -0.1) is 0 Å². The molecule has 0 spiro atoms. The van der Waals surface area contributed by atoms with Crippen molar-refractivity contribution in [2.75, 3.05) is 0 Å². The van der Waals surface area contributed by atoms with Crippen LogP contribution in [0.4, 0.5) is 0 Å². The predicted octanol–water partition coefficient (Wildman–Crippen LogP) is 4.12. The van der Waals surface area contributed by atoms with E-state index < -0.39 is 5.97 Å². The Labute approximate surface area is 156 Å². The molecule has 0 amide bonds. The van der Waals surface area contributed by atoms with Gasteiger partial charge in [-0.1, -0.05) is 77.6 Å².